The smallest absolute Gasteiger partial charge is 0.191 e. The van der Waals surface area contributed by atoms with E-state index in [0.29, 0.717) is 12.6 Å². The standard InChI is InChI=1S/C20H29N5O.HI/c1-2-21-20(22-12-10-19-9-5-14-26-19)23-15-17-7-3-4-8-18(17)16-25-13-6-11-24-25;/h3-4,6-8,11,13,19H,2,5,9-10,12,14-16H2,1H3,(H2,21,22,23);1H. The fourth-order valence-corrected chi connectivity index (χ4v) is 3.16. The molecule has 0 radical (unpaired) electrons. The molecule has 1 aromatic heterocycles. The molecule has 2 heterocycles. The van der Waals surface area contributed by atoms with Gasteiger partial charge in [0.15, 0.2) is 5.96 Å². The minimum atomic E-state index is 0. The van der Waals surface area contributed by atoms with Gasteiger partial charge in [-0.05, 0) is 43.4 Å². The second kappa shape index (κ2) is 12.0. The van der Waals surface area contributed by atoms with Crippen LogP contribution in [0.1, 0.15) is 37.3 Å². The van der Waals surface area contributed by atoms with Gasteiger partial charge < -0.3 is 15.4 Å². The first kappa shape index (κ1) is 21.7. The van der Waals surface area contributed by atoms with Gasteiger partial charge in [0.05, 0.1) is 19.2 Å². The van der Waals surface area contributed by atoms with Crippen LogP contribution in [0.15, 0.2) is 47.7 Å². The monoisotopic (exact) mass is 483 g/mol. The van der Waals surface area contributed by atoms with Crippen LogP contribution in [-0.2, 0) is 17.8 Å². The summed E-state index contributed by atoms with van der Waals surface area (Å²) in [7, 11) is 0. The third-order valence-electron chi connectivity index (χ3n) is 4.54. The first-order chi connectivity index (χ1) is 12.8. The summed E-state index contributed by atoms with van der Waals surface area (Å²) in [6.45, 7) is 6.13. The van der Waals surface area contributed by atoms with E-state index in [9.17, 15) is 0 Å². The minimum absolute atomic E-state index is 0. The average molecular weight is 483 g/mol. The third kappa shape index (κ3) is 7.14. The van der Waals surface area contributed by atoms with Crippen molar-refractivity contribution in [3.05, 3.63) is 53.9 Å². The lowest BCUT2D eigenvalue weighted by Crippen LogP contribution is -2.38. The minimum Gasteiger partial charge on any atom is -0.378 e. The molecule has 1 fully saturated rings. The number of guanidine groups is 1. The number of hydrogen-bond donors (Lipinski definition) is 2. The van der Waals surface area contributed by atoms with Gasteiger partial charge in [0.1, 0.15) is 0 Å². The van der Waals surface area contributed by atoms with Crippen molar-refractivity contribution in [3.8, 4) is 0 Å². The Balaban J connectivity index is 0.00000261. The number of halogens is 1. The van der Waals surface area contributed by atoms with Crippen LogP contribution in [0, 0.1) is 0 Å². The summed E-state index contributed by atoms with van der Waals surface area (Å²) >= 11 is 0. The summed E-state index contributed by atoms with van der Waals surface area (Å²) in [4.78, 5) is 4.76. The third-order valence-corrected chi connectivity index (χ3v) is 4.54. The molecule has 1 aliphatic rings. The van der Waals surface area contributed by atoms with Crippen LogP contribution in [-0.4, -0.2) is 41.5 Å². The number of aromatic nitrogens is 2. The van der Waals surface area contributed by atoms with Gasteiger partial charge >= 0.3 is 0 Å². The van der Waals surface area contributed by atoms with Gasteiger partial charge in [-0.2, -0.15) is 5.10 Å². The maximum Gasteiger partial charge on any atom is 0.191 e. The van der Waals surface area contributed by atoms with Gasteiger partial charge in [-0.25, -0.2) is 4.99 Å². The van der Waals surface area contributed by atoms with Crippen molar-refractivity contribution < 1.29 is 4.74 Å². The first-order valence-electron chi connectivity index (χ1n) is 9.53. The van der Waals surface area contributed by atoms with Crippen molar-refractivity contribution in [2.75, 3.05) is 19.7 Å². The Morgan fingerprint density at radius 3 is 2.81 bits per heavy atom. The molecule has 6 nitrogen and oxygen atoms in total. The van der Waals surface area contributed by atoms with E-state index in [1.165, 1.54) is 24.0 Å². The van der Waals surface area contributed by atoms with Gasteiger partial charge in [-0.1, -0.05) is 24.3 Å². The maximum atomic E-state index is 5.68. The molecule has 0 aliphatic carbocycles. The van der Waals surface area contributed by atoms with Crippen molar-refractivity contribution in [2.24, 2.45) is 4.99 Å². The molecule has 7 heteroatoms. The lowest BCUT2D eigenvalue weighted by molar-refractivity contribution is 0.105. The molecule has 148 valence electrons. The maximum absolute atomic E-state index is 5.68. The molecule has 0 saturated carbocycles. The normalized spacial score (nSPS) is 16.8. The lowest BCUT2D eigenvalue weighted by atomic mass is 10.1. The zero-order valence-electron chi connectivity index (χ0n) is 15.9. The zero-order chi connectivity index (χ0) is 18.0. The predicted octanol–water partition coefficient (Wildman–Crippen LogP) is 3.17. The molecule has 1 saturated heterocycles. The van der Waals surface area contributed by atoms with Crippen LogP contribution in [0.4, 0.5) is 0 Å². The molecule has 1 aromatic carbocycles. The highest BCUT2D eigenvalue weighted by Gasteiger charge is 2.14. The first-order valence-corrected chi connectivity index (χ1v) is 9.53. The quantitative estimate of drug-likeness (QED) is 0.344. The Bertz CT molecular complexity index is 683. The van der Waals surface area contributed by atoms with E-state index < -0.39 is 0 Å². The zero-order valence-corrected chi connectivity index (χ0v) is 18.3. The van der Waals surface area contributed by atoms with E-state index in [1.807, 2.05) is 23.1 Å². The highest BCUT2D eigenvalue weighted by atomic mass is 127. The molecule has 1 atom stereocenters. The Hall–Kier alpha value is -1.61. The number of ether oxygens (including phenoxy) is 1. The summed E-state index contributed by atoms with van der Waals surface area (Å²) in [5.41, 5.74) is 2.47. The van der Waals surface area contributed by atoms with E-state index in [-0.39, 0.29) is 24.0 Å². The van der Waals surface area contributed by atoms with E-state index >= 15 is 0 Å². The molecule has 2 aromatic rings. The molecular weight excluding hydrogens is 453 g/mol. The fraction of sp³-hybridized carbons (Fsp3) is 0.500. The van der Waals surface area contributed by atoms with Crippen molar-refractivity contribution in [1.82, 2.24) is 20.4 Å². The van der Waals surface area contributed by atoms with Crippen LogP contribution in [0.2, 0.25) is 0 Å². The van der Waals surface area contributed by atoms with Crippen LogP contribution < -0.4 is 10.6 Å². The van der Waals surface area contributed by atoms with Crippen molar-refractivity contribution in [2.45, 2.75) is 45.4 Å². The number of benzene rings is 1. The van der Waals surface area contributed by atoms with E-state index in [4.69, 9.17) is 9.73 Å². The van der Waals surface area contributed by atoms with Crippen molar-refractivity contribution in [1.29, 1.82) is 0 Å². The molecule has 0 spiro atoms. The topological polar surface area (TPSA) is 63.5 Å². The molecule has 1 unspecified atom stereocenters. The summed E-state index contributed by atoms with van der Waals surface area (Å²) in [6, 6.07) is 10.4. The Morgan fingerprint density at radius 1 is 1.26 bits per heavy atom. The summed E-state index contributed by atoms with van der Waals surface area (Å²) in [6.07, 6.45) is 7.58. The molecule has 2 N–H and O–H groups in total. The van der Waals surface area contributed by atoms with Gasteiger partial charge in [-0.3, -0.25) is 4.68 Å². The number of hydrogen-bond acceptors (Lipinski definition) is 3. The van der Waals surface area contributed by atoms with Crippen LogP contribution in [0.5, 0.6) is 0 Å². The highest BCUT2D eigenvalue weighted by molar-refractivity contribution is 14.0. The van der Waals surface area contributed by atoms with E-state index in [1.54, 1.807) is 0 Å². The highest BCUT2D eigenvalue weighted by Crippen LogP contribution is 2.14. The van der Waals surface area contributed by atoms with E-state index in [0.717, 1.165) is 38.6 Å². The molecule has 1 aliphatic heterocycles. The summed E-state index contributed by atoms with van der Waals surface area (Å²) < 4.78 is 7.62. The number of aliphatic imine (C=N–C) groups is 1. The molecule has 0 amide bonds. The molecule has 3 rings (SSSR count). The predicted molar refractivity (Wildman–Crippen MR) is 120 cm³/mol. The van der Waals surface area contributed by atoms with Crippen LogP contribution in [0.25, 0.3) is 0 Å². The van der Waals surface area contributed by atoms with Gasteiger partial charge in [0.25, 0.3) is 0 Å². The Kier molecular flexibility index (Phi) is 9.61. The van der Waals surface area contributed by atoms with Gasteiger partial charge in [0, 0.05) is 32.1 Å². The number of nitrogens with one attached hydrogen (secondary N) is 2. The van der Waals surface area contributed by atoms with Gasteiger partial charge in [-0.15, -0.1) is 24.0 Å². The fourth-order valence-electron chi connectivity index (χ4n) is 3.16. The largest absolute Gasteiger partial charge is 0.378 e. The second-order valence-corrected chi connectivity index (χ2v) is 6.52. The van der Waals surface area contributed by atoms with Crippen molar-refractivity contribution >= 4 is 29.9 Å². The average Bonchev–Trinajstić information content (AvgIpc) is 3.35. The second-order valence-electron chi connectivity index (χ2n) is 6.52. The number of rotatable bonds is 8. The molecule has 27 heavy (non-hydrogen) atoms. The lowest BCUT2D eigenvalue weighted by Gasteiger charge is -2.14. The summed E-state index contributed by atoms with van der Waals surface area (Å²) in [5, 5.41) is 11.0. The Labute approximate surface area is 178 Å². The van der Waals surface area contributed by atoms with Crippen molar-refractivity contribution in [3.63, 3.8) is 0 Å². The number of nitrogens with zero attached hydrogens (tertiary/aromatic N) is 3. The Morgan fingerprint density at radius 2 is 2.11 bits per heavy atom. The van der Waals surface area contributed by atoms with Crippen LogP contribution in [0.3, 0.4) is 0 Å². The molecular formula is C20H30IN5O. The molecule has 0 bridgehead atoms. The summed E-state index contributed by atoms with van der Waals surface area (Å²) in [5.74, 6) is 0.861. The van der Waals surface area contributed by atoms with E-state index in [2.05, 4.69) is 46.9 Å². The SMILES string of the molecule is CCNC(=NCc1ccccc1Cn1cccn1)NCCC1CCCO1.I. The van der Waals surface area contributed by atoms with Gasteiger partial charge in [0.2, 0.25) is 0 Å². The van der Waals surface area contributed by atoms with Crippen LogP contribution >= 0.6 is 24.0 Å².